The van der Waals surface area contributed by atoms with E-state index in [1.165, 1.54) is 6.07 Å². The normalized spacial score (nSPS) is 26.4. The molecule has 1 aromatic rings. The lowest BCUT2D eigenvalue weighted by Gasteiger charge is -2.40. The molecular weight excluding hydrogens is 423 g/mol. The number of benzene rings is 1. The van der Waals surface area contributed by atoms with E-state index >= 15 is 4.39 Å². The van der Waals surface area contributed by atoms with Crippen molar-refractivity contribution in [3.05, 3.63) is 23.0 Å². The van der Waals surface area contributed by atoms with Crippen molar-refractivity contribution in [2.45, 2.75) is 76.5 Å². The first-order chi connectivity index (χ1) is 15.6. The van der Waals surface area contributed by atoms with Crippen molar-refractivity contribution in [2.75, 3.05) is 23.3 Å². The average Bonchev–Trinajstić information content (AvgIpc) is 3.11. The summed E-state index contributed by atoms with van der Waals surface area (Å²) in [6.45, 7) is 6.40. The molecule has 5 N–H and O–H groups in total. The van der Waals surface area contributed by atoms with Crippen LogP contribution in [0, 0.1) is 23.6 Å². The minimum Gasteiger partial charge on any atom is -0.390 e. The molecule has 0 radical (unpaired) electrons. The van der Waals surface area contributed by atoms with E-state index < -0.39 is 17.3 Å². The van der Waals surface area contributed by atoms with Crippen LogP contribution in [0.5, 0.6) is 0 Å². The first kappa shape index (κ1) is 23.4. The fourth-order valence-electron chi connectivity index (χ4n) is 5.83. The summed E-state index contributed by atoms with van der Waals surface area (Å²) in [6, 6.07) is 1.11. The van der Waals surface area contributed by atoms with E-state index in [1.807, 2.05) is 18.7 Å². The monoisotopic (exact) mass is 456 g/mol. The smallest absolute Gasteiger partial charge is 0.296 e. The van der Waals surface area contributed by atoms with Gasteiger partial charge in [0, 0.05) is 36.7 Å². The summed E-state index contributed by atoms with van der Waals surface area (Å²) in [5.41, 5.74) is 6.90. The van der Waals surface area contributed by atoms with Crippen LogP contribution in [0.25, 0.3) is 0 Å². The number of hydrogen-bond acceptors (Lipinski definition) is 5. The summed E-state index contributed by atoms with van der Waals surface area (Å²) in [7, 11) is 0. The molecule has 1 saturated carbocycles. The zero-order valence-corrected chi connectivity index (χ0v) is 19.5. The molecule has 7 nitrogen and oxygen atoms in total. The van der Waals surface area contributed by atoms with Gasteiger partial charge in [0.1, 0.15) is 5.82 Å². The number of carbonyl (C=O) groups is 2. The molecule has 4 atom stereocenters. The molecule has 0 spiro atoms. The molecule has 178 valence electrons. The Morgan fingerprint density at radius 3 is 2.76 bits per heavy atom. The SMILES string of the molecule is CC#CC(=O)N[C@H]1CCCN(c2c(F)cc(C(N)=O)c3c2C2CCC(C(C)(C)O)CC2N3)C1. The van der Waals surface area contributed by atoms with Crippen LogP contribution in [0.1, 0.15) is 74.7 Å². The molecule has 4 rings (SSSR count). The van der Waals surface area contributed by atoms with Crippen molar-refractivity contribution in [1.29, 1.82) is 0 Å². The van der Waals surface area contributed by atoms with Gasteiger partial charge in [-0.3, -0.25) is 9.59 Å². The Kier molecular flexibility index (Phi) is 6.28. The second kappa shape index (κ2) is 8.86. The highest BCUT2D eigenvalue weighted by atomic mass is 19.1. The highest BCUT2D eigenvalue weighted by Gasteiger charge is 2.45. The Labute approximate surface area is 194 Å². The lowest BCUT2D eigenvalue weighted by molar-refractivity contribution is -0.116. The topological polar surface area (TPSA) is 108 Å². The number of rotatable bonds is 4. The van der Waals surface area contributed by atoms with Crippen molar-refractivity contribution >= 4 is 23.2 Å². The first-order valence-electron chi connectivity index (χ1n) is 11.7. The molecule has 0 aromatic heterocycles. The number of anilines is 2. The zero-order valence-electron chi connectivity index (χ0n) is 19.5. The predicted octanol–water partition coefficient (Wildman–Crippen LogP) is 2.48. The summed E-state index contributed by atoms with van der Waals surface area (Å²) in [4.78, 5) is 26.1. The molecule has 2 fully saturated rings. The number of nitrogens with one attached hydrogen (secondary N) is 2. The van der Waals surface area contributed by atoms with E-state index in [2.05, 4.69) is 22.5 Å². The van der Waals surface area contributed by atoms with Gasteiger partial charge in [0.25, 0.3) is 11.8 Å². The van der Waals surface area contributed by atoms with Crippen molar-refractivity contribution in [3.8, 4) is 11.8 Å². The predicted molar refractivity (Wildman–Crippen MR) is 126 cm³/mol. The third-order valence-corrected chi connectivity index (χ3v) is 7.42. The number of carbonyl (C=O) groups excluding carboxylic acids is 2. The van der Waals surface area contributed by atoms with Crippen LogP contribution in [0.15, 0.2) is 6.07 Å². The Bertz CT molecular complexity index is 1020. The van der Waals surface area contributed by atoms with Gasteiger partial charge < -0.3 is 26.4 Å². The first-order valence-corrected chi connectivity index (χ1v) is 11.7. The van der Waals surface area contributed by atoms with Crippen molar-refractivity contribution in [1.82, 2.24) is 5.32 Å². The maximum absolute atomic E-state index is 15.6. The van der Waals surface area contributed by atoms with Crippen LogP contribution in [-0.2, 0) is 4.79 Å². The van der Waals surface area contributed by atoms with Gasteiger partial charge in [-0.15, -0.1) is 0 Å². The van der Waals surface area contributed by atoms with Gasteiger partial charge in [-0.25, -0.2) is 4.39 Å². The van der Waals surface area contributed by atoms with Crippen LogP contribution < -0.4 is 21.3 Å². The molecule has 1 saturated heterocycles. The highest BCUT2D eigenvalue weighted by molar-refractivity contribution is 6.01. The molecule has 3 unspecified atom stereocenters. The Balaban J connectivity index is 1.69. The molecule has 1 aromatic carbocycles. The third kappa shape index (κ3) is 4.51. The van der Waals surface area contributed by atoms with Crippen LogP contribution in [-0.4, -0.2) is 47.7 Å². The van der Waals surface area contributed by atoms with E-state index in [1.54, 1.807) is 6.92 Å². The van der Waals surface area contributed by atoms with Crippen LogP contribution >= 0.6 is 0 Å². The number of aliphatic hydroxyl groups is 1. The van der Waals surface area contributed by atoms with Gasteiger partial charge in [0.2, 0.25) is 0 Å². The fourth-order valence-corrected chi connectivity index (χ4v) is 5.83. The minimum absolute atomic E-state index is 0.00365. The summed E-state index contributed by atoms with van der Waals surface area (Å²) in [5.74, 6) is 3.79. The van der Waals surface area contributed by atoms with Gasteiger partial charge in [0.15, 0.2) is 0 Å². The number of hydrogen-bond donors (Lipinski definition) is 4. The molecule has 2 heterocycles. The maximum atomic E-state index is 15.6. The van der Waals surface area contributed by atoms with Crippen LogP contribution in [0.3, 0.4) is 0 Å². The van der Waals surface area contributed by atoms with Crippen LogP contribution in [0.2, 0.25) is 0 Å². The molecule has 0 bridgehead atoms. The summed E-state index contributed by atoms with van der Waals surface area (Å²) >= 11 is 0. The number of halogens is 1. The van der Waals surface area contributed by atoms with Gasteiger partial charge in [-0.2, -0.15) is 0 Å². The number of nitrogens with zero attached hydrogens (tertiary/aromatic N) is 1. The van der Waals surface area contributed by atoms with Crippen LogP contribution in [0.4, 0.5) is 15.8 Å². The minimum atomic E-state index is -0.804. The number of amides is 2. The van der Waals surface area contributed by atoms with Gasteiger partial charge in [-0.05, 0) is 70.8 Å². The number of fused-ring (bicyclic) bond motifs is 3. The Morgan fingerprint density at radius 1 is 1.33 bits per heavy atom. The molecular formula is C25H33FN4O3. The summed E-state index contributed by atoms with van der Waals surface area (Å²) in [6.07, 6.45) is 3.94. The highest BCUT2D eigenvalue weighted by Crippen LogP contribution is 2.52. The fraction of sp³-hybridized carbons (Fsp3) is 0.600. The number of primary amides is 1. The summed E-state index contributed by atoms with van der Waals surface area (Å²) in [5, 5.41) is 16.9. The second-order valence-electron chi connectivity index (χ2n) is 10.1. The average molecular weight is 457 g/mol. The van der Waals surface area contributed by atoms with E-state index in [-0.39, 0.29) is 35.4 Å². The Hall–Kier alpha value is -2.79. The molecule has 2 aliphatic heterocycles. The second-order valence-corrected chi connectivity index (χ2v) is 10.1. The van der Waals surface area contributed by atoms with E-state index in [0.717, 1.165) is 37.7 Å². The summed E-state index contributed by atoms with van der Waals surface area (Å²) < 4.78 is 15.6. The Morgan fingerprint density at radius 2 is 2.09 bits per heavy atom. The molecule has 3 aliphatic rings. The lowest BCUT2D eigenvalue weighted by atomic mass is 9.71. The largest absolute Gasteiger partial charge is 0.390 e. The third-order valence-electron chi connectivity index (χ3n) is 7.42. The molecule has 33 heavy (non-hydrogen) atoms. The van der Waals surface area contributed by atoms with E-state index in [4.69, 9.17) is 5.73 Å². The van der Waals surface area contributed by atoms with Gasteiger partial charge in [-0.1, -0.05) is 5.92 Å². The van der Waals surface area contributed by atoms with Crippen molar-refractivity contribution in [2.24, 2.45) is 11.7 Å². The van der Waals surface area contributed by atoms with Gasteiger partial charge in [0.05, 0.1) is 22.5 Å². The molecule has 8 heteroatoms. The standard InChI is InChI=1S/C25H33FN4O3/c1-4-6-20(31)28-15-7-5-10-30(13-15)23-18(26)12-17(24(27)32)22-21(23)16-9-8-14(25(2,3)33)11-19(16)29-22/h12,14-16,19,29,33H,5,7-11,13H2,1-3H3,(H2,27,32)(H,28,31)/t14?,15-,16?,19?/m0/s1. The molecule has 1 aliphatic carbocycles. The van der Waals surface area contributed by atoms with Crippen molar-refractivity contribution in [3.63, 3.8) is 0 Å². The number of nitrogens with two attached hydrogens (primary N) is 1. The van der Waals surface area contributed by atoms with Crippen molar-refractivity contribution < 1.29 is 19.1 Å². The number of piperidine rings is 1. The van der Waals surface area contributed by atoms with E-state index in [0.29, 0.717) is 24.5 Å². The lowest BCUT2D eigenvalue weighted by Crippen LogP contribution is -2.48. The maximum Gasteiger partial charge on any atom is 0.296 e. The van der Waals surface area contributed by atoms with Gasteiger partial charge >= 0.3 is 0 Å². The zero-order chi connectivity index (χ0) is 23.9. The quantitative estimate of drug-likeness (QED) is 0.521. The van der Waals surface area contributed by atoms with E-state index in [9.17, 15) is 14.7 Å². The molecule has 2 amide bonds.